The lowest BCUT2D eigenvalue weighted by molar-refractivity contribution is -0.122. The normalized spacial score (nSPS) is 32.7. The first kappa shape index (κ1) is 12.9. The van der Waals surface area contributed by atoms with E-state index in [0.29, 0.717) is 0 Å². The van der Waals surface area contributed by atoms with E-state index in [2.05, 4.69) is 17.6 Å². The molecule has 3 nitrogen and oxygen atoms in total. The third kappa shape index (κ3) is 3.21. The summed E-state index contributed by atoms with van der Waals surface area (Å²) in [6.07, 6.45) is 6.72. The minimum atomic E-state index is -0.0410. The Hall–Kier alpha value is -0.570. The van der Waals surface area contributed by atoms with Crippen molar-refractivity contribution in [3.63, 3.8) is 0 Å². The molecular formula is C14H26N2O. The molecule has 4 atom stereocenters. The quantitative estimate of drug-likeness (QED) is 0.742. The SMILES string of the molecule is CCCNC(=O)C(C)NCC1CC2CCC1C2. The van der Waals surface area contributed by atoms with Crippen molar-refractivity contribution in [2.75, 3.05) is 13.1 Å². The zero-order valence-electron chi connectivity index (χ0n) is 11.2. The van der Waals surface area contributed by atoms with Gasteiger partial charge in [0.15, 0.2) is 0 Å². The van der Waals surface area contributed by atoms with Gasteiger partial charge in [-0.15, -0.1) is 0 Å². The molecule has 2 bridgehead atoms. The first-order valence-corrected chi connectivity index (χ1v) is 7.21. The first-order valence-electron chi connectivity index (χ1n) is 7.21. The van der Waals surface area contributed by atoms with Gasteiger partial charge in [0.1, 0.15) is 0 Å². The Kier molecular flexibility index (Phi) is 4.43. The highest BCUT2D eigenvalue weighted by molar-refractivity contribution is 5.81. The average molecular weight is 238 g/mol. The van der Waals surface area contributed by atoms with Crippen LogP contribution in [0.3, 0.4) is 0 Å². The standard InChI is InChI=1S/C14H26N2O/c1-3-6-15-14(17)10(2)16-9-13-8-11-4-5-12(13)7-11/h10-13,16H,3-9H2,1-2H3,(H,15,17). The summed E-state index contributed by atoms with van der Waals surface area (Å²) in [7, 11) is 0. The van der Waals surface area contributed by atoms with Gasteiger partial charge in [0, 0.05) is 6.54 Å². The highest BCUT2D eigenvalue weighted by Gasteiger charge is 2.39. The van der Waals surface area contributed by atoms with E-state index in [0.717, 1.165) is 37.3 Å². The van der Waals surface area contributed by atoms with Gasteiger partial charge in [-0.05, 0) is 56.9 Å². The second-order valence-electron chi connectivity index (χ2n) is 5.86. The molecule has 2 aliphatic rings. The minimum absolute atomic E-state index is 0.0410. The van der Waals surface area contributed by atoms with Crippen molar-refractivity contribution in [1.29, 1.82) is 0 Å². The summed E-state index contributed by atoms with van der Waals surface area (Å²) in [5.74, 6) is 2.92. The molecule has 2 aliphatic carbocycles. The molecule has 3 heteroatoms. The molecule has 0 aliphatic heterocycles. The molecule has 98 valence electrons. The summed E-state index contributed by atoms with van der Waals surface area (Å²) in [4.78, 5) is 11.7. The van der Waals surface area contributed by atoms with Crippen LogP contribution in [-0.2, 0) is 4.79 Å². The monoisotopic (exact) mass is 238 g/mol. The van der Waals surface area contributed by atoms with Gasteiger partial charge in [-0.1, -0.05) is 13.3 Å². The third-order valence-corrected chi connectivity index (χ3v) is 4.51. The lowest BCUT2D eigenvalue weighted by Crippen LogP contribution is -2.44. The molecular weight excluding hydrogens is 212 g/mol. The van der Waals surface area contributed by atoms with E-state index in [4.69, 9.17) is 0 Å². The molecule has 2 N–H and O–H groups in total. The van der Waals surface area contributed by atoms with Crippen LogP contribution >= 0.6 is 0 Å². The van der Waals surface area contributed by atoms with Gasteiger partial charge in [0.2, 0.25) is 5.91 Å². The van der Waals surface area contributed by atoms with Crippen LogP contribution in [0.15, 0.2) is 0 Å². The van der Waals surface area contributed by atoms with Crippen LogP contribution in [0.2, 0.25) is 0 Å². The Bertz CT molecular complexity index is 267. The highest BCUT2D eigenvalue weighted by atomic mass is 16.2. The Morgan fingerprint density at radius 2 is 2.18 bits per heavy atom. The van der Waals surface area contributed by atoms with E-state index in [1.807, 2.05) is 6.92 Å². The van der Waals surface area contributed by atoms with Crippen molar-refractivity contribution in [3.05, 3.63) is 0 Å². The maximum Gasteiger partial charge on any atom is 0.236 e. The van der Waals surface area contributed by atoms with Gasteiger partial charge >= 0.3 is 0 Å². The van der Waals surface area contributed by atoms with Gasteiger partial charge in [-0.3, -0.25) is 4.79 Å². The van der Waals surface area contributed by atoms with Gasteiger partial charge in [-0.2, -0.15) is 0 Å². The molecule has 17 heavy (non-hydrogen) atoms. The molecule has 0 radical (unpaired) electrons. The van der Waals surface area contributed by atoms with Crippen LogP contribution in [0.25, 0.3) is 0 Å². The van der Waals surface area contributed by atoms with Crippen LogP contribution in [0, 0.1) is 17.8 Å². The topological polar surface area (TPSA) is 41.1 Å². The van der Waals surface area contributed by atoms with Gasteiger partial charge in [-0.25, -0.2) is 0 Å². The number of hydrogen-bond donors (Lipinski definition) is 2. The van der Waals surface area contributed by atoms with Crippen LogP contribution in [0.5, 0.6) is 0 Å². The van der Waals surface area contributed by atoms with Crippen LogP contribution in [0.1, 0.15) is 46.0 Å². The molecule has 0 heterocycles. The van der Waals surface area contributed by atoms with Crippen molar-refractivity contribution in [2.24, 2.45) is 17.8 Å². The Labute approximate surface area is 105 Å². The summed E-state index contributed by atoms with van der Waals surface area (Å²) in [6, 6.07) is -0.0410. The number of hydrogen-bond acceptors (Lipinski definition) is 2. The largest absolute Gasteiger partial charge is 0.355 e. The minimum Gasteiger partial charge on any atom is -0.355 e. The van der Waals surface area contributed by atoms with Crippen molar-refractivity contribution in [2.45, 2.75) is 52.0 Å². The fourth-order valence-corrected chi connectivity index (χ4v) is 3.45. The molecule has 0 spiro atoms. The van der Waals surface area contributed by atoms with E-state index in [-0.39, 0.29) is 11.9 Å². The van der Waals surface area contributed by atoms with Crippen molar-refractivity contribution in [3.8, 4) is 0 Å². The molecule has 1 amide bonds. The van der Waals surface area contributed by atoms with Crippen LogP contribution < -0.4 is 10.6 Å². The fraction of sp³-hybridized carbons (Fsp3) is 0.929. The maximum atomic E-state index is 11.7. The predicted molar refractivity (Wildman–Crippen MR) is 69.7 cm³/mol. The molecule has 4 unspecified atom stereocenters. The molecule has 0 aromatic heterocycles. The first-order chi connectivity index (χ1) is 8.20. The van der Waals surface area contributed by atoms with E-state index in [9.17, 15) is 4.79 Å². The summed E-state index contributed by atoms with van der Waals surface area (Å²) < 4.78 is 0. The number of amides is 1. The van der Waals surface area contributed by atoms with Gasteiger partial charge in [0.25, 0.3) is 0 Å². The Morgan fingerprint density at radius 3 is 2.76 bits per heavy atom. The summed E-state index contributed by atoms with van der Waals surface area (Å²) in [5.41, 5.74) is 0. The number of carbonyl (C=O) groups excluding carboxylic acids is 1. The molecule has 0 saturated heterocycles. The smallest absolute Gasteiger partial charge is 0.236 e. The third-order valence-electron chi connectivity index (χ3n) is 4.51. The zero-order chi connectivity index (χ0) is 12.3. The molecule has 0 aromatic carbocycles. The molecule has 2 saturated carbocycles. The highest BCUT2D eigenvalue weighted by Crippen LogP contribution is 2.47. The summed E-state index contributed by atoms with van der Waals surface area (Å²) in [6.45, 7) is 5.87. The molecule has 2 rings (SSSR count). The number of rotatable bonds is 6. The second kappa shape index (κ2) is 5.85. The van der Waals surface area contributed by atoms with Gasteiger partial charge in [0.05, 0.1) is 6.04 Å². The van der Waals surface area contributed by atoms with Crippen molar-refractivity contribution in [1.82, 2.24) is 10.6 Å². The van der Waals surface area contributed by atoms with Crippen molar-refractivity contribution < 1.29 is 4.79 Å². The average Bonchev–Trinajstić information content (AvgIpc) is 2.94. The lowest BCUT2D eigenvalue weighted by atomic mass is 9.89. The van der Waals surface area contributed by atoms with Crippen LogP contribution in [0.4, 0.5) is 0 Å². The fourth-order valence-electron chi connectivity index (χ4n) is 3.45. The Balaban J connectivity index is 1.66. The van der Waals surface area contributed by atoms with Crippen LogP contribution in [-0.4, -0.2) is 25.0 Å². The Morgan fingerprint density at radius 1 is 1.35 bits per heavy atom. The summed E-state index contributed by atoms with van der Waals surface area (Å²) >= 11 is 0. The lowest BCUT2D eigenvalue weighted by Gasteiger charge is -2.23. The molecule has 2 fully saturated rings. The van der Waals surface area contributed by atoms with E-state index < -0.39 is 0 Å². The van der Waals surface area contributed by atoms with E-state index in [1.165, 1.54) is 25.7 Å². The van der Waals surface area contributed by atoms with E-state index >= 15 is 0 Å². The maximum absolute atomic E-state index is 11.7. The summed E-state index contributed by atoms with van der Waals surface area (Å²) in [5, 5.41) is 6.35. The van der Waals surface area contributed by atoms with Crippen molar-refractivity contribution >= 4 is 5.91 Å². The predicted octanol–water partition coefficient (Wildman–Crippen LogP) is 1.93. The van der Waals surface area contributed by atoms with E-state index in [1.54, 1.807) is 0 Å². The second-order valence-corrected chi connectivity index (χ2v) is 5.86. The number of fused-ring (bicyclic) bond motifs is 2. The number of carbonyl (C=O) groups is 1. The molecule has 0 aromatic rings. The number of nitrogens with one attached hydrogen (secondary N) is 2. The van der Waals surface area contributed by atoms with Gasteiger partial charge < -0.3 is 10.6 Å². The zero-order valence-corrected chi connectivity index (χ0v) is 11.2.